The van der Waals surface area contributed by atoms with Crippen LogP contribution < -0.4 is 14.2 Å². The second kappa shape index (κ2) is 13.2. The number of pyridine rings is 1. The van der Waals surface area contributed by atoms with E-state index in [1.165, 1.54) is 50.1 Å². The molecular formula is C23H33NO4S. The number of rotatable bonds is 10. The first kappa shape index (κ1) is 23.2. The molecule has 3 rings (SSSR count). The van der Waals surface area contributed by atoms with Crippen molar-refractivity contribution >= 4 is 10.8 Å². The average Bonchev–Trinajstić information content (AvgIpc) is 3.19. The summed E-state index contributed by atoms with van der Waals surface area (Å²) in [5, 5.41) is 10.4. The largest absolute Gasteiger partial charge is 0.619 e. The summed E-state index contributed by atoms with van der Waals surface area (Å²) >= 11 is 0. The Labute approximate surface area is 177 Å². The van der Waals surface area contributed by atoms with E-state index >= 15 is 0 Å². The molecule has 2 unspecified atom stereocenters. The van der Waals surface area contributed by atoms with Crippen LogP contribution in [0.25, 0.3) is 0 Å². The smallest absolute Gasteiger partial charge is 0.231 e. The highest BCUT2D eigenvalue weighted by Crippen LogP contribution is 2.33. The molecule has 0 saturated carbocycles. The van der Waals surface area contributed by atoms with Crippen molar-refractivity contribution in [1.29, 1.82) is 0 Å². The zero-order chi connectivity index (χ0) is 20.9. The normalized spacial score (nSPS) is 14.0. The molecule has 0 saturated heterocycles. The van der Waals surface area contributed by atoms with E-state index in [4.69, 9.17) is 9.47 Å². The molecule has 0 radical (unpaired) electrons. The zero-order valence-corrected chi connectivity index (χ0v) is 18.4. The van der Waals surface area contributed by atoms with Crippen LogP contribution in [0.1, 0.15) is 57.9 Å². The molecule has 29 heavy (non-hydrogen) atoms. The fourth-order valence-corrected chi connectivity index (χ4v) is 4.37. The molecule has 0 N–H and O–H groups in total. The summed E-state index contributed by atoms with van der Waals surface area (Å²) in [5.74, 6) is 2.45. The summed E-state index contributed by atoms with van der Waals surface area (Å²) in [5.41, 5.74) is 1.17. The Balaban J connectivity index is 0.000000360. The lowest BCUT2D eigenvalue weighted by Gasteiger charge is -2.12. The molecule has 1 aromatic heterocycles. The minimum atomic E-state index is -0.743. The first-order chi connectivity index (χ1) is 14.1. The summed E-state index contributed by atoms with van der Waals surface area (Å²) in [6.07, 6.45) is 11.2. The van der Waals surface area contributed by atoms with Crippen molar-refractivity contribution in [3.63, 3.8) is 0 Å². The first-order valence-electron chi connectivity index (χ1n) is 10.5. The Morgan fingerprint density at radius 1 is 1.03 bits per heavy atom. The van der Waals surface area contributed by atoms with Crippen molar-refractivity contribution in [1.82, 2.24) is 0 Å². The molecule has 160 valence electrons. The SMILES string of the molecule is CCCCCCCCS(=O)C(C)Cc1ccc2c(c1)OCO2.[O-][n+]1ccccc1. The van der Waals surface area contributed by atoms with Crippen LogP contribution in [0.5, 0.6) is 11.5 Å². The highest BCUT2D eigenvalue weighted by atomic mass is 32.2. The van der Waals surface area contributed by atoms with Crippen LogP contribution in [-0.4, -0.2) is 22.0 Å². The van der Waals surface area contributed by atoms with Crippen LogP contribution in [-0.2, 0) is 17.2 Å². The Morgan fingerprint density at radius 3 is 2.41 bits per heavy atom. The molecular weight excluding hydrogens is 386 g/mol. The van der Waals surface area contributed by atoms with Crippen LogP contribution in [0.15, 0.2) is 48.8 Å². The third kappa shape index (κ3) is 8.86. The predicted octanol–water partition coefficient (Wildman–Crippen LogP) is 4.78. The Hall–Kier alpha value is -2.08. The highest BCUT2D eigenvalue weighted by Gasteiger charge is 2.16. The number of fused-ring (bicyclic) bond motifs is 1. The maximum absolute atomic E-state index is 12.3. The molecule has 1 aromatic carbocycles. The number of aromatic nitrogens is 1. The van der Waals surface area contributed by atoms with E-state index in [1.807, 2.05) is 18.2 Å². The van der Waals surface area contributed by atoms with Crippen molar-refractivity contribution in [2.24, 2.45) is 0 Å². The predicted molar refractivity (Wildman–Crippen MR) is 118 cm³/mol. The van der Waals surface area contributed by atoms with Crippen LogP contribution in [0, 0.1) is 5.21 Å². The summed E-state index contributed by atoms with van der Waals surface area (Å²) in [6, 6.07) is 11.2. The van der Waals surface area contributed by atoms with Crippen LogP contribution in [0.4, 0.5) is 0 Å². The van der Waals surface area contributed by atoms with Gasteiger partial charge in [0.25, 0.3) is 0 Å². The van der Waals surface area contributed by atoms with Gasteiger partial charge in [-0.15, -0.1) is 0 Å². The van der Waals surface area contributed by atoms with Crippen molar-refractivity contribution in [3.05, 3.63) is 59.6 Å². The van der Waals surface area contributed by atoms with E-state index in [0.29, 0.717) is 6.79 Å². The second-order valence-corrected chi connectivity index (χ2v) is 9.26. The number of ether oxygens (including phenoxy) is 2. The fraction of sp³-hybridized carbons (Fsp3) is 0.522. The van der Waals surface area contributed by atoms with E-state index in [2.05, 4.69) is 13.8 Å². The minimum absolute atomic E-state index is 0.191. The fourth-order valence-electron chi connectivity index (χ4n) is 3.10. The molecule has 0 amide bonds. The van der Waals surface area contributed by atoms with Gasteiger partial charge in [-0.2, -0.15) is 4.73 Å². The van der Waals surface area contributed by atoms with Gasteiger partial charge >= 0.3 is 0 Å². The van der Waals surface area contributed by atoms with Gasteiger partial charge in [-0.1, -0.05) is 58.1 Å². The van der Waals surface area contributed by atoms with Gasteiger partial charge in [-0.3, -0.25) is 4.21 Å². The van der Waals surface area contributed by atoms with Gasteiger partial charge in [0, 0.05) is 33.9 Å². The van der Waals surface area contributed by atoms with Gasteiger partial charge in [0.1, 0.15) is 0 Å². The molecule has 0 fully saturated rings. The lowest BCUT2D eigenvalue weighted by atomic mass is 10.1. The second-order valence-electron chi connectivity index (χ2n) is 7.29. The Morgan fingerprint density at radius 2 is 1.72 bits per heavy atom. The number of unbranched alkanes of at least 4 members (excludes halogenated alkanes) is 5. The van der Waals surface area contributed by atoms with E-state index in [0.717, 1.165) is 34.8 Å². The van der Waals surface area contributed by atoms with E-state index < -0.39 is 10.8 Å². The molecule has 2 heterocycles. The monoisotopic (exact) mass is 419 g/mol. The van der Waals surface area contributed by atoms with Crippen molar-refractivity contribution in [2.75, 3.05) is 12.5 Å². The average molecular weight is 420 g/mol. The van der Waals surface area contributed by atoms with Gasteiger partial charge < -0.3 is 14.7 Å². The lowest BCUT2D eigenvalue weighted by molar-refractivity contribution is -0.605. The maximum Gasteiger partial charge on any atom is 0.231 e. The van der Waals surface area contributed by atoms with E-state index in [9.17, 15) is 9.42 Å². The molecule has 1 aliphatic heterocycles. The molecule has 5 nitrogen and oxygen atoms in total. The van der Waals surface area contributed by atoms with Gasteiger partial charge in [0.15, 0.2) is 23.9 Å². The Bertz CT molecular complexity index is 739. The zero-order valence-electron chi connectivity index (χ0n) is 17.5. The quantitative estimate of drug-likeness (QED) is 0.316. The summed E-state index contributed by atoms with van der Waals surface area (Å²) < 4.78 is 23.8. The van der Waals surface area contributed by atoms with E-state index in [1.54, 1.807) is 18.2 Å². The Kier molecular flexibility index (Phi) is 10.6. The third-order valence-electron chi connectivity index (χ3n) is 4.80. The topological polar surface area (TPSA) is 62.5 Å². The molecule has 0 spiro atoms. The molecule has 0 bridgehead atoms. The third-order valence-corrected chi connectivity index (χ3v) is 6.55. The molecule has 1 aliphatic rings. The summed E-state index contributed by atoms with van der Waals surface area (Å²) in [7, 11) is -0.743. The first-order valence-corrected chi connectivity index (χ1v) is 11.9. The number of nitrogens with zero attached hydrogens (tertiary/aromatic N) is 1. The van der Waals surface area contributed by atoms with Crippen molar-refractivity contribution < 1.29 is 18.4 Å². The van der Waals surface area contributed by atoms with Gasteiger partial charge in [-0.05, 0) is 30.5 Å². The molecule has 2 atom stereocenters. The van der Waals surface area contributed by atoms with E-state index in [-0.39, 0.29) is 5.25 Å². The number of hydrogen-bond acceptors (Lipinski definition) is 4. The highest BCUT2D eigenvalue weighted by molar-refractivity contribution is 7.85. The van der Waals surface area contributed by atoms with Gasteiger partial charge in [0.2, 0.25) is 6.79 Å². The van der Waals surface area contributed by atoms with Crippen LogP contribution in [0.3, 0.4) is 0 Å². The van der Waals surface area contributed by atoms with Gasteiger partial charge in [0.05, 0.1) is 0 Å². The number of benzene rings is 1. The molecule has 2 aromatic rings. The molecule has 0 aliphatic carbocycles. The van der Waals surface area contributed by atoms with Gasteiger partial charge in [-0.25, -0.2) is 0 Å². The summed E-state index contributed by atoms with van der Waals surface area (Å²) in [4.78, 5) is 0. The van der Waals surface area contributed by atoms with Crippen LogP contribution in [0.2, 0.25) is 0 Å². The standard InChI is InChI=1S/C18H28O3S.C5H5NO/c1-3-4-5-6-7-8-11-22(19)15(2)12-16-9-10-17-18(13-16)21-14-20-17;7-6-4-2-1-3-5-6/h9-10,13,15H,3-8,11-12,14H2,1-2H3;1-5H. The summed E-state index contributed by atoms with van der Waals surface area (Å²) in [6.45, 7) is 4.61. The lowest BCUT2D eigenvalue weighted by Crippen LogP contribution is -2.22. The molecule has 6 heteroatoms. The minimum Gasteiger partial charge on any atom is -0.619 e. The number of hydrogen-bond donors (Lipinski definition) is 0. The van der Waals surface area contributed by atoms with Crippen molar-refractivity contribution in [3.8, 4) is 11.5 Å². The maximum atomic E-state index is 12.3. The van der Waals surface area contributed by atoms with Crippen molar-refractivity contribution in [2.45, 2.75) is 64.0 Å². The van der Waals surface area contributed by atoms with Crippen LogP contribution >= 0.6 is 0 Å².